The number of ether oxygens (including phenoxy) is 2. The Balaban J connectivity index is 0.00000107. The molecule has 69 heavy (non-hydrogen) atoms. The molecule has 0 saturated carbocycles. The average molecular weight is 1010 g/mol. The molecule has 2 aromatic heterocycles. The minimum atomic E-state index is -0.951. The zero-order valence-corrected chi connectivity index (χ0v) is 38.8. The van der Waals surface area contributed by atoms with Gasteiger partial charge in [-0.1, -0.05) is 69.7 Å². The number of aromatic carboxylic acids is 1. The van der Waals surface area contributed by atoms with Crippen molar-refractivity contribution in [2.75, 3.05) is 64.1 Å². The molecule has 2 heterocycles. The number of nitrogens with two attached hydrogens (primary N) is 1. The molecule has 6 rings (SSSR count). The van der Waals surface area contributed by atoms with Gasteiger partial charge >= 0.3 is 5.97 Å². The third kappa shape index (κ3) is 18.1. The smallest absolute Gasteiger partial charge is 0.335 e. The number of pyridine rings is 2. The fourth-order valence-corrected chi connectivity index (χ4v) is 5.56. The Labute approximate surface area is 419 Å². The van der Waals surface area contributed by atoms with Gasteiger partial charge < -0.3 is 46.1 Å². The third-order valence-corrected chi connectivity index (χ3v) is 9.33. The molecule has 4 aromatic carbocycles. The van der Waals surface area contributed by atoms with Crippen LogP contribution in [0.5, 0.6) is 11.5 Å². The summed E-state index contributed by atoms with van der Waals surface area (Å²) in [7, 11) is 10.1. The summed E-state index contributed by atoms with van der Waals surface area (Å²) < 4.78 is 10.3. The lowest BCUT2D eigenvalue weighted by Crippen LogP contribution is -2.22. The highest BCUT2D eigenvalue weighted by Crippen LogP contribution is 2.25. The van der Waals surface area contributed by atoms with Crippen molar-refractivity contribution in [3.05, 3.63) is 165 Å². The van der Waals surface area contributed by atoms with Gasteiger partial charge in [0.2, 0.25) is 0 Å². The highest BCUT2D eigenvalue weighted by atomic mass is 35.5. The van der Waals surface area contributed by atoms with Crippen molar-refractivity contribution in [3.63, 3.8) is 0 Å². The molecule has 368 valence electrons. The first-order valence-corrected chi connectivity index (χ1v) is 19.9. The van der Waals surface area contributed by atoms with Crippen molar-refractivity contribution in [1.29, 1.82) is 10.8 Å². The number of nitrogens with one attached hydrogen (secondary N) is 5. The number of methoxy groups -OCH3 is 2. The summed E-state index contributed by atoms with van der Waals surface area (Å²) in [6, 6.07) is 29.0. The average Bonchev–Trinajstić information content (AvgIpc) is 3.30. The predicted molar refractivity (Wildman–Crippen MR) is 281 cm³/mol. The summed E-state index contributed by atoms with van der Waals surface area (Å²) in [5.41, 5.74) is 9.01. The molecule has 0 bridgehead atoms. The summed E-state index contributed by atoms with van der Waals surface area (Å²) in [6.07, 6.45) is 2.87. The van der Waals surface area contributed by atoms with Crippen LogP contribution in [-0.4, -0.2) is 103 Å². The van der Waals surface area contributed by atoms with E-state index in [0.717, 1.165) is 0 Å². The van der Waals surface area contributed by atoms with Crippen LogP contribution in [0, 0.1) is 10.8 Å². The first-order chi connectivity index (χ1) is 30.9. The topological polar surface area (TPSA) is 249 Å². The monoisotopic (exact) mass is 1000 g/mol. The van der Waals surface area contributed by atoms with Gasteiger partial charge in [-0.3, -0.25) is 25.2 Å². The van der Waals surface area contributed by atoms with Crippen LogP contribution in [0.3, 0.4) is 0 Å². The molecule has 0 fully saturated rings. The van der Waals surface area contributed by atoms with Gasteiger partial charge in [0.25, 0.3) is 17.7 Å². The molecular weight excluding hydrogens is 947 g/mol. The van der Waals surface area contributed by atoms with Crippen molar-refractivity contribution in [2.45, 2.75) is 22.3 Å². The summed E-state index contributed by atoms with van der Waals surface area (Å²) in [5, 5.41) is 33.3. The molecule has 0 aliphatic rings. The number of nitrogen functional groups attached to an aromatic ring is 1. The van der Waals surface area contributed by atoms with E-state index in [1.807, 2.05) is 0 Å². The highest BCUT2D eigenvalue weighted by molar-refractivity contribution is 6.30. The largest absolute Gasteiger partial charge is 0.497 e. The Kier molecular flexibility index (Phi) is 25.9. The third-order valence-electron chi connectivity index (χ3n) is 8.88. The zero-order valence-electron chi connectivity index (χ0n) is 36.5. The Morgan fingerprint density at radius 2 is 0.957 bits per heavy atom. The summed E-state index contributed by atoms with van der Waals surface area (Å²) in [4.78, 5) is 59.7. The van der Waals surface area contributed by atoms with Gasteiger partial charge in [0.05, 0.1) is 46.6 Å². The highest BCUT2D eigenvalue weighted by Gasteiger charge is 2.18. The van der Waals surface area contributed by atoms with Crippen LogP contribution >= 0.6 is 35.6 Å². The van der Waals surface area contributed by atoms with E-state index in [0.29, 0.717) is 78.5 Å². The van der Waals surface area contributed by atoms with Crippen molar-refractivity contribution >= 4 is 94.0 Å². The van der Waals surface area contributed by atoms with E-state index in [1.54, 1.807) is 129 Å². The number of hydrogen-bond donors (Lipinski definition) is 7. The maximum Gasteiger partial charge on any atom is 0.335 e. The number of nitrogens with zero attached hydrogens (tertiary/aromatic N) is 4. The van der Waals surface area contributed by atoms with E-state index < -0.39 is 17.8 Å². The van der Waals surface area contributed by atoms with Crippen LogP contribution in [0.2, 0.25) is 10.0 Å². The number of rotatable bonds is 11. The number of aromatic nitrogens is 2. The van der Waals surface area contributed by atoms with Gasteiger partial charge in [0.15, 0.2) is 0 Å². The Hall–Kier alpha value is -7.73. The minimum Gasteiger partial charge on any atom is -0.497 e. The van der Waals surface area contributed by atoms with E-state index in [2.05, 4.69) is 25.9 Å². The molecule has 17 nitrogen and oxygen atoms in total. The van der Waals surface area contributed by atoms with Gasteiger partial charge in [0.1, 0.15) is 34.8 Å². The van der Waals surface area contributed by atoms with E-state index in [9.17, 15) is 19.2 Å². The first kappa shape index (κ1) is 61.3. The lowest BCUT2D eigenvalue weighted by molar-refractivity contribution is 0.0696. The molecule has 3 amide bonds. The van der Waals surface area contributed by atoms with Gasteiger partial charge in [-0.15, -0.1) is 12.4 Å². The Bertz CT molecular complexity index is 2650. The first-order valence-electron chi connectivity index (χ1n) is 19.1. The van der Waals surface area contributed by atoms with Crippen LogP contribution in [0.15, 0.2) is 122 Å². The lowest BCUT2D eigenvalue weighted by Gasteiger charge is -2.15. The van der Waals surface area contributed by atoms with Crippen LogP contribution < -0.4 is 31.2 Å². The normalized spacial score (nSPS) is 9.45. The second-order valence-electron chi connectivity index (χ2n) is 13.9. The quantitative estimate of drug-likeness (QED) is 0.0364. The lowest BCUT2D eigenvalue weighted by atomic mass is 10.1. The molecule has 6 aromatic rings. The number of amides is 3. The Morgan fingerprint density at radius 3 is 1.35 bits per heavy atom. The number of carbonyl (C=O) groups is 4. The molecule has 0 aliphatic carbocycles. The number of anilines is 4. The number of benzene rings is 4. The number of carboxylic acids is 1. The van der Waals surface area contributed by atoms with Crippen molar-refractivity contribution in [1.82, 2.24) is 19.8 Å². The van der Waals surface area contributed by atoms with E-state index in [4.69, 9.17) is 54.3 Å². The van der Waals surface area contributed by atoms with Gasteiger partial charge in [-0.2, -0.15) is 0 Å². The fourth-order valence-electron chi connectivity index (χ4n) is 5.33. The molecule has 0 atom stereocenters. The molecule has 0 spiro atoms. The standard InChI is InChI=1S/C23H22ClN5O3.C13H12ClN3O2.C10H12N2O2.3CH4.ClH/c1-29(2)21(25)14-4-6-15(7-5-14)22(30)27-19-10-9-17(32-3)12-18(19)23(31)28-20-11-8-16(24)13-26-20;1-19-9-3-4-11(15)10(6-9)13(18)17-12-5-2-8(14)7-16-12;1-12(2)9(11)7-3-5-8(6-4-7)10(13)14;;;;/h4-13,25H,1-3H3,(H,27,30)(H,26,28,31);2-7H,15H2,1H3,(H,16,17,18);3-6,11H,1-2H3,(H,13,14);3*1H4;1H. The zero-order chi connectivity index (χ0) is 47.8. The van der Waals surface area contributed by atoms with E-state index in [-0.39, 0.29) is 51.7 Å². The van der Waals surface area contributed by atoms with Crippen molar-refractivity contribution in [2.24, 2.45) is 0 Å². The SMILES string of the molecule is C.C.C.CN(C)C(=N)c1ccc(C(=O)O)cc1.COc1ccc(N)c(C(=O)Nc2ccc(Cl)cn2)c1.COc1ccc(NC(=O)c2ccc(C(=N)N(C)C)cc2)c(C(=O)Nc2ccc(Cl)cn2)c1.Cl. The summed E-state index contributed by atoms with van der Waals surface area (Å²) >= 11 is 11.6. The van der Waals surface area contributed by atoms with Crippen LogP contribution in [0.4, 0.5) is 23.0 Å². The van der Waals surface area contributed by atoms with Crippen LogP contribution in [-0.2, 0) is 0 Å². The molecule has 0 aliphatic heterocycles. The summed E-state index contributed by atoms with van der Waals surface area (Å²) in [5.74, 6) is 0.269. The number of amidine groups is 2. The number of carbonyl (C=O) groups excluding carboxylic acids is 3. The second kappa shape index (κ2) is 29.1. The van der Waals surface area contributed by atoms with Gasteiger partial charge in [0, 0.05) is 63.0 Å². The molecule has 0 saturated heterocycles. The van der Waals surface area contributed by atoms with Gasteiger partial charge in [-0.05, 0) is 84.9 Å². The van der Waals surface area contributed by atoms with Crippen molar-refractivity contribution in [3.8, 4) is 11.5 Å². The molecule has 0 unspecified atom stereocenters. The maximum atomic E-state index is 12.9. The number of carboxylic acid groups (broad SMARTS) is 1. The molecular formula is C49H59Cl3N10O7. The van der Waals surface area contributed by atoms with E-state index in [1.165, 1.54) is 44.8 Å². The second-order valence-corrected chi connectivity index (χ2v) is 14.8. The summed E-state index contributed by atoms with van der Waals surface area (Å²) in [6.45, 7) is 0. The van der Waals surface area contributed by atoms with E-state index >= 15 is 0 Å². The fraction of sp³-hybridized carbons (Fsp3) is 0.184. The number of hydrogen-bond acceptors (Lipinski definition) is 11. The maximum absolute atomic E-state index is 12.9. The molecule has 0 radical (unpaired) electrons. The van der Waals surface area contributed by atoms with Crippen molar-refractivity contribution < 1.29 is 33.8 Å². The Morgan fingerprint density at radius 1 is 0.565 bits per heavy atom. The van der Waals surface area contributed by atoms with Crippen LogP contribution in [0.25, 0.3) is 0 Å². The molecule has 8 N–H and O–H groups in total. The molecule has 20 heteroatoms. The number of halogens is 3. The van der Waals surface area contributed by atoms with Gasteiger partial charge in [-0.25, -0.2) is 14.8 Å². The minimum absolute atomic E-state index is 0. The van der Waals surface area contributed by atoms with Crippen LogP contribution in [0.1, 0.15) is 74.8 Å². The predicted octanol–water partition coefficient (Wildman–Crippen LogP) is 10.3.